The maximum Gasteiger partial charge on any atom is 0.227 e. The molecule has 7 heteroatoms. The molecule has 1 aromatic carbocycles. The average molecular weight is 388 g/mol. The number of hydrogen-bond donors (Lipinski definition) is 1. The van der Waals surface area contributed by atoms with E-state index in [1.807, 2.05) is 17.5 Å². The number of likely N-dealkylation sites (tertiary alicyclic amines) is 1. The fraction of sp³-hybridized carbons (Fsp3) is 0.400. The van der Waals surface area contributed by atoms with Crippen molar-refractivity contribution in [1.82, 2.24) is 10.2 Å². The molecule has 27 heavy (non-hydrogen) atoms. The van der Waals surface area contributed by atoms with Crippen LogP contribution >= 0.6 is 11.3 Å². The Balaban J connectivity index is 1.42. The lowest BCUT2D eigenvalue weighted by Gasteiger charge is -2.22. The summed E-state index contributed by atoms with van der Waals surface area (Å²) in [5, 5.41) is 4.93. The zero-order valence-electron chi connectivity index (χ0n) is 14.8. The predicted molar refractivity (Wildman–Crippen MR) is 99.6 cm³/mol. The normalized spacial score (nSPS) is 24.0. The second-order valence-corrected chi connectivity index (χ2v) is 7.98. The van der Waals surface area contributed by atoms with Crippen molar-refractivity contribution in [3.05, 3.63) is 58.0 Å². The Morgan fingerprint density at radius 1 is 1.30 bits per heavy atom. The number of rotatable bonds is 5. The molecule has 142 valence electrons. The van der Waals surface area contributed by atoms with Gasteiger partial charge in [0, 0.05) is 18.0 Å². The number of ether oxygens (including phenoxy) is 1. The van der Waals surface area contributed by atoms with Crippen LogP contribution in [0, 0.1) is 11.7 Å². The first-order valence-corrected chi connectivity index (χ1v) is 9.95. The van der Waals surface area contributed by atoms with Crippen LogP contribution in [0.1, 0.15) is 16.9 Å². The number of thiophene rings is 1. The van der Waals surface area contributed by atoms with Gasteiger partial charge in [-0.05, 0) is 35.6 Å². The number of carbonyl (C=O) groups excluding carboxylic acids is 2. The Hall–Kier alpha value is -2.25. The summed E-state index contributed by atoms with van der Waals surface area (Å²) in [6.45, 7) is 1.38. The first kappa shape index (κ1) is 18.1. The van der Waals surface area contributed by atoms with Crippen LogP contribution in [0.5, 0.6) is 0 Å². The lowest BCUT2D eigenvalue weighted by Crippen LogP contribution is -2.38. The summed E-state index contributed by atoms with van der Waals surface area (Å²) in [5.41, 5.74) is 0.640. The molecule has 2 aromatic rings. The minimum absolute atomic E-state index is 0.0800. The topological polar surface area (TPSA) is 58.6 Å². The highest BCUT2D eigenvalue weighted by Gasteiger charge is 2.50. The van der Waals surface area contributed by atoms with Gasteiger partial charge in [0.2, 0.25) is 11.8 Å². The number of amides is 2. The molecule has 2 amide bonds. The molecule has 2 aliphatic rings. The second kappa shape index (κ2) is 7.78. The number of halogens is 1. The van der Waals surface area contributed by atoms with Crippen LogP contribution < -0.4 is 5.32 Å². The van der Waals surface area contributed by atoms with Crippen molar-refractivity contribution < 1.29 is 18.7 Å². The zero-order valence-corrected chi connectivity index (χ0v) is 15.6. The van der Waals surface area contributed by atoms with E-state index in [9.17, 15) is 14.0 Å². The highest BCUT2D eigenvalue weighted by atomic mass is 32.1. The van der Waals surface area contributed by atoms with Crippen molar-refractivity contribution in [1.29, 1.82) is 0 Å². The van der Waals surface area contributed by atoms with Gasteiger partial charge < -0.3 is 15.0 Å². The molecule has 0 radical (unpaired) electrons. The molecule has 0 saturated carbocycles. The zero-order chi connectivity index (χ0) is 18.8. The van der Waals surface area contributed by atoms with Gasteiger partial charge in [0.15, 0.2) is 0 Å². The molecule has 5 nitrogen and oxygen atoms in total. The van der Waals surface area contributed by atoms with E-state index in [0.29, 0.717) is 25.3 Å². The van der Waals surface area contributed by atoms with Crippen molar-refractivity contribution in [2.75, 3.05) is 13.2 Å². The van der Waals surface area contributed by atoms with Gasteiger partial charge in [0.1, 0.15) is 5.82 Å². The number of hydrogen-bond acceptors (Lipinski definition) is 4. The molecule has 0 aliphatic carbocycles. The number of fused-ring (bicyclic) bond motifs is 1. The van der Waals surface area contributed by atoms with Gasteiger partial charge in [-0.15, -0.1) is 11.3 Å². The molecule has 3 unspecified atom stereocenters. The third-order valence-corrected chi connectivity index (χ3v) is 6.09. The Labute approximate surface area is 161 Å². The second-order valence-electron chi connectivity index (χ2n) is 6.95. The van der Waals surface area contributed by atoms with E-state index in [0.717, 1.165) is 11.3 Å². The fourth-order valence-corrected chi connectivity index (χ4v) is 4.57. The van der Waals surface area contributed by atoms with Gasteiger partial charge in [0.05, 0.1) is 31.0 Å². The number of benzene rings is 1. The Morgan fingerprint density at radius 3 is 2.96 bits per heavy atom. The molecule has 3 atom stereocenters. The van der Waals surface area contributed by atoms with Crippen molar-refractivity contribution in [2.45, 2.75) is 31.5 Å². The molecule has 0 spiro atoms. The van der Waals surface area contributed by atoms with Crippen LogP contribution in [0.3, 0.4) is 0 Å². The fourth-order valence-electron chi connectivity index (χ4n) is 3.93. The first-order chi connectivity index (χ1) is 13.1. The van der Waals surface area contributed by atoms with E-state index in [2.05, 4.69) is 5.32 Å². The lowest BCUT2D eigenvalue weighted by atomic mass is 10.0. The summed E-state index contributed by atoms with van der Waals surface area (Å²) in [6.07, 6.45) is 0.600. The van der Waals surface area contributed by atoms with Crippen LogP contribution in [0.4, 0.5) is 4.39 Å². The maximum absolute atomic E-state index is 13.4. The molecular weight excluding hydrogens is 367 g/mol. The van der Waals surface area contributed by atoms with E-state index in [1.54, 1.807) is 28.4 Å². The minimum atomic E-state index is -0.367. The lowest BCUT2D eigenvalue weighted by molar-refractivity contribution is -0.131. The van der Waals surface area contributed by atoms with Gasteiger partial charge >= 0.3 is 0 Å². The molecule has 0 bridgehead atoms. The average Bonchev–Trinajstić information content (AvgIpc) is 3.37. The quantitative estimate of drug-likeness (QED) is 0.856. The van der Waals surface area contributed by atoms with Crippen LogP contribution in [0.15, 0.2) is 41.8 Å². The third-order valence-electron chi connectivity index (χ3n) is 5.21. The van der Waals surface area contributed by atoms with Crippen molar-refractivity contribution in [3.63, 3.8) is 0 Å². The van der Waals surface area contributed by atoms with Crippen molar-refractivity contribution in [3.8, 4) is 0 Å². The molecule has 2 fully saturated rings. The summed E-state index contributed by atoms with van der Waals surface area (Å²) in [5.74, 6) is -0.889. The van der Waals surface area contributed by atoms with Gasteiger partial charge in [0.25, 0.3) is 0 Å². The summed E-state index contributed by atoms with van der Waals surface area (Å²) in [7, 11) is 0. The summed E-state index contributed by atoms with van der Waals surface area (Å²) in [4.78, 5) is 28.3. The van der Waals surface area contributed by atoms with Crippen LogP contribution in [-0.4, -0.2) is 42.0 Å². The number of nitrogens with one attached hydrogen (secondary N) is 1. The Kier molecular flexibility index (Phi) is 5.22. The molecule has 2 saturated heterocycles. The third kappa shape index (κ3) is 3.89. The molecule has 1 aromatic heterocycles. The van der Waals surface area contributed by atoms with E-state index >= 15 is 0 Å². The summed E-state index contributed by atoms with van der Waals surface area (Å²) < 4.78 is 19.2. The number of nitrogens with zero attached hydrogens (tertiary/aromatic N) is 1. The first-order valence-electron chi connectivity index (χ1n) is 9.07. The molecule has 4 rings (SSSR count). The van der Waals surface area contributed by atoms with Gasteiger partial charge in [-0.3, -0.25) is 9.59 Å². The largest absolute Gasteiger partial charge is 0.375 e. The monoisotopic (exact) mass is 388 g/mol. The SMILES string of the molecule is O=C(NCc1cccs1)C1CN(C(=O)Cc2cccc(F)c2)C2CCOC12. The molecule has 2 aliphatic heterocycles. The maximum atomic E-state index is 13.4. The van der Waals surface area contributed by atoms with Crippen LogP contribution in [-0.2, 0) is 27.3 Å². The number of carbonyl (C=O) groups is 2. The summed E-state index contributed by atoms with van der Waals surface area (Å²) >= 11 is 1.59. The molecule has 1 N–H and O–H groups in total. The van der Waals surface area contributed by atoms with E-state index in [1.165, 1.54) is 12.1 Å². The highest BCUT2D eigenvalue weighted by molar-refractivity contribution is 7.09. The Morgan fingerprint density at radius 2 is 2.19 bits per heavy atom. The van der Waals surface area contributed by atoms with Crippen molar-refractivity contribution in [2.24, 2.45) is 5.92 Å². The highest BCUT2D eigenvalue weighted by Crippen LogP contribution is 2.34. The van der Waals surface area contributed by atoms with E-state index < -0.39 is 0 Å². The van der Waals surface area contributed by atoms with E-state index in [4.69, 9.17) is 4.74 Å². The summed E-state index contributed by atoms with van der Waals surface area (Å²) in [6, 6.07) is 9.92. The predicted octanol–water partition coefficient (Wildman–Crippen LogP) is 2.36. The van der Waals surface area contributed by atoms with Crippen LogP contribution in [0.2, 0.25) is 0 Å². The van der Waals surface area contributed by atoms with Gasteiger partial charge in [-0.1, -0.05) is 18.2 Å². The molecule has 3 heterocycles. The van der Waals surface area contributed by atoms with Crippen LogP contribution in [0.25, 0.3) is 0 Å². The van der Waals surface area contributed by atoms with E-state index in [-0.39, 0.29) is 42.1 Å². The smallest absolute Gasteiger partial charge is 0.227 e. The standard InChI is InChI=1S/C20H21FN2O3S/c21-14-4-1-3-13(9-14)10-18(24)23-12-16(19-17(23)6-7-26-19)20(25)22-11-15-5-2-8-27-15/h1-5,8-9,16-17,19H,6-7,10-12H2,(H,22,25). The van der Waals surface area contributed by atoms with Gasteiger partial charge in [-0.25, -0.2) is 4.39 Å². The minimum Gasteiger partial charge on any atom is -0.375 e. The van der Waals surface area contributed by atoms with Crippen molar-refractivity contribution >= 4 is 23.2 Å². The molecular formula is C20H21FN2O3S. The Bertz CT molecular complexity index is 826. The van der Waals surface area contributed by atoms with Gasteiger partial charge in [-0.2, -0.15) is 0 Å².